The summed E-state index contributed by atoms with van der Waals surface area (Å²) >= 11 is 3.36. The Balaban J connectivity index is 2.33. The van der Waals surface area contributed by atoms with Gasteiger partial charge in [-0.15, -0.1) is 5.10 Å². The summed E-state index contributed by atoms with van der Waals surface area (Å²) in [5.41, 5.74) is 0.601. The zero-order chi connectivity index (χ0) is 11.4. The molecule has 0 saturated heterocycles. The van der Waals surface area contributed by atoms with Crippen molar-refractivity contribution in [3.8, 4) is 0 Å². The second-order valence-corrected chi connectivity index (χ2v) is 4.32. The Kier molecular flexibility index (Phi) is 3.66. The molecule has 0 radical (unpaired) electrons. The van der Waals surface area contributed by atoms with Gasteiger partial charge in [0.2, 0.25) is 0 Å². The monoisotopic (exact) mass is 281 g/mol. The highest BCUT2D eigenvalue weighted by Gasteiger charge is 2.03. The fourth-order valence-corrected chi connectivity index (χ4v) is 1.92. The predicted molar refractivity (Wildman–Crippen MR) is 66.8 cm³/mol. The Bertz CT molecular complexity index is 538. The fraction of sp³-hybridized carbons (Fsp3) is 0.364. The molecule has 1 heterocycles. The van der Waals surface area contributed by atoms with Crippen LogP contribution in [0.3, 0.4) is 0 Å². The average molecular weight is 282 g/mol. The SMILES string of the molecule is O=c1c2ccccc2nnn1CCCCBr. The first-order chi connectivity index (χ1) is 7.83. The van der Waals surface area contributed by atoms with E-state index in [2.05, 4.69) is 26.2 Å². The molecule has 0 bridgehead atoms. The van der Waals surface area contributed by atoms with Gasteiger partial charge in [-0.25, -0.2) is 4.68 Å². The van der Waals surface area contributed by atoms with Crippen LogP contribution in [0.5, 0.6) is 0 Å². The fourth-order valence-electron chi connectivity index (χ4n) is 1.53. The van der Waals surface area contributed by atoms with Gasteiger partial charge in [-0.2, -0.15) is 0 Å². The van der Waals surface area contributed by atoms with E-state index in [1.54, 1.807) is 12.1 Å². The molecule has 2 rings (SSSR count). The van der Waals surface area contributed by atoms with Crippen LogP contribution >= 0.6 is 15.9 Å². The van der Waals surface area contributed by atoms with Crippen molar-refractivity contribution in [2.75, 3.05) is 5.33 Å². The van der Waals surface area contributed by atoms with Crippen LogP contribution < -0.4 is 5.56 Å². The number of nitrogens with zero attached hydrogens (tertiary/aromatic N) is 3. The van der Waals surface area contributed by atoms with E-state index in [-0.39, 0.29) is 5.56 Å². The minimum Gasteiger partial charge on any atom is -0.267 e. The third-order valence-corrected chi connectivity index (χ3v) is 2.94. The summed E-state index contributed by atoms with van der Waals surface area (Å²) in [4.78, 5) is 12.0. The molecule has 0 amide bonds. The lowest BCUT2D eigenvalue weighted by Crippen LogP contribution is -2.24. The molecule has 84 valence electrons. The van der Waals surface area contributed by atoms with Gasteiger partial charge in [0.05, 0.1) is 5.39 Å². The third kappa shape index (κ3) is 2.29. The van der Waals surface area contributed by atoms with Crippen molar-refractivity contribution in [3.05, 3.63) is 34.6 Å². The number of unbranched alkanes of at least 4 members (excludes halogenated alkanes) is 1. The molecule has 0 saturated carbocycles. The van der Waals surface area contributed by atoms with E-state index >= 15 is 0 Å². The zero-order valence-electron chi connectivity index (χ0n) is 8.77. The number of alkyl halides is 1. The largest absolute Gasteiger partial charge is 0.277 e. The normalized spacial score (nSPS) is 10.8. The first-order valence-corrected chi connectivity index (χ1v) is 6.33. The highest BCUT2D eigenvalue weighted by molar-refractivity contribution is 9.09. The second-order valence-electron chi connectivity index (χ2n) is 3.53. The van der Waals surface area contributed by atoms with E-state index in [0.29, 0.717) is 17.4 Å². The maximum atomic E-state index is 12.0. The van der Waals surface area contributed by atoms with Crippen LogP contribution in [0.25, 0.3) is 10.9 Å². The van der Waals surface area contributed by atoms with E-state index < -0.39 is 0 Å². The summed E-state index contributed by atoms with van der Waals surface area (Å²) < 4.78 is 1.44. The molecular weight excluding hydrogens is 270 g/mol. The number of rotatable bonds is 4. The van der Waals surface area contributed by atoms with Gasteiger partial charge >= 0.3 is 0 Å². The van der Waals surface area contributed by atoms with Gasteiger partial charge in [-0.3, -0.25) is 4.79 Å². The van der Waals surface area contributed by atoms with Crippen molar-refractivity contribution in [1.82, 2.24) is 15.0 Å². The van der Waals surface area contributed by atoms with Crippen LogP contribution in [-0.2, 0) is 6.54 Å². The second kappa shape index (κ2) is 5.21. The summed E-state index contributed by atoms with van der Waals surface area (Å²) in [6, 6.07) is 7.28. The predicted octanol–water partition coefficient (Wildman–Crippen LogP) is 1.97. The molecule has 0 atom stereocenters. The van der Waals surface area contributed by atoms with E-state index in [1.807, 2.05) is 12.1 Å². The van der Waals surface area contributed by atoms with Crippen molar-refractivity contribution in [2.24, 2.45) is 0 Å². The number of halogens is 1. The van der Waals surface area contributed by atoms with Gasteiger partial charge in [0.25, 0.3) is 5.56 Å². The van der Waals surface area contributed by atoms with Crippen LogP contribution in [0.1, 0.15) is 12.8 Å². The van der Waals surface area contributed by atoms with Gasteiger partial charge < -0.3 is 0 Å². The lowest BCUT2D eigenvalue weighted by atomic mass is 10.2. The first-order valence-electron chi connectivity index (χ1n) is 5.21. The minimum absolute atomic E-state index is 0.0554. The lowest BCUT2D eigenvalue weighted by Gasteiger charge is -2.03. The Hall–Kier alpha value is -1.23. The first kappa shape index (κ1) is 11.3. The Labute approximate surface area is 101 Å². The molecule has 1 aromatic heterocycles. The smallest absolute Gasteiger partial charge is 0.267 e. The molecule has 16 heavy (non-hydrogen) atoms. The van der Waals surface area contributed by atoms with Gasteiger partial charge in [-0.1, -0.05) is 33.3 Å². The van der Waals surface area contributed by atoms with Crippen LogP contribution in [0, 0.1) is 0 Å². The highest BCUT2D eigenvalue weighted by atomic mass is 79.9. The van der Waals surface area contributed by atoms with E-state index in [4.69, 9.17) is 0 Å². The summed E-state index contributed by atoms with van der Waals surface area (Å²) in [6.07, 6.45) is 1.96. The summed E-state index contributed by atoms with van der Waals surface area (Å²) in [6.45, 7) is 0.627. The Morgan fingerprint density at radius 1 is 1.25 bits per heavy atom. The molecule has 0 aliphatic carbocycles. The Morgan fingerprint density at radius 2 is 2.06 bits per heavy atom. The standard InChI is InChI=1S/C11H12BrN3O/c12-7-3-4-8-15-11(16)9-5-1-2-6-10(9)13-14-15/h1-2,5-6H,3-4,7-8H2. The number of hydrogen-bond donors (Lipinski definition) is 0. The molecule has 0 aliphatic heterocycles. The molecule has 0 spiro atoms. The minimum atomic E-state index is -0.0554. The molecule has 0 aliphatic rings. The molecule has 0 fully saturated rings. The summed E-state index contributed by atoms with van der Waals surface area (Å²) in [5, 5.41) is 9.52. The van der Waals surface area contributed by atoms with Gasteiger partial charge in [0.15, 0.2) is 0 Å². The Morgan fingerprint density at radius 3 is 2.88 bits per heavy atom. The average Bonchev–Trinajstić information content (AvgIpc) is 2.33. The van der Waals surface area contributed by atoms with Crippen LogP contribution in [-0.4, -0.2) is 20.3 Å². The summed E-state index contributed by atoms with van der Waals surface area (Å²) in [7, 11) is 0. The van der Waals surface area contributed by atoms with E-state index in [0.717, 1.165) is 18.2 Å². The number of benzene rings is 1. The lowest BCUT2D eigenvalue weighted by molar-refractivity contribution is 0.522. The molecular formula is C11H12BrN3O. The van der Waals surface area contributed by atoms with E-state index in [1.165, 1.54) is 4.68 Å². The zero-order valence-corrected chi connectivity index (χ0v) is 10.4. The molecule has 1 aromatic carbocycles. The number of aromatic nitrogens is 3. The number of fused-ring (bicyclic) bond motifs is 1. The van der Waals surface area contributed by atoms with Crippen LogP contribution in [0.15, 0.2) is 29.1 Å². The molecule has 2 aromatic rings. The van der Waals surface area contributed by atoms with Gasteiger partial charge in [0, 0.05) is 11.9 Å². The van der Waals surface area contributed by atoms with Crippen molar-refractivity contribution in [3.63, 3.8) is 0 Å². The molecule has 4 nitrogen and oxygen atoms in total. The number of aryl methyl sites for hydroxylation is 1. The number of hydrogen-bond acceptors (Lipinski definition) is 3. The topological polar surface area (TPSA) is 47.8 Å². The maximum absolute atomic E-state index is 12.0. The molecule has 0 N–H and O–H groups in total. The summed E-state index contributed by atoms with van der Waals surface area (Å²) in [5.74, 6) is 0. The van der Waals surface area contributed by atoms with Crippen molar-refractivity contribution in [2.45, 2.75) is 19.4 Å². The van der Waals surface area contributed by atoms with Gasteiger partial charge in [-0.05, 0) is 25.0 Å². The molecule has 0 unspecified atom stereocenters. The highest BCUT2D eigenvalue weighted by Crippen LogP contribution is 2.03. The van der Waals surface area contributed by atoms with Crippen LogP contribution in [0.4, 0.5) is 0 Å². The van der Waals surface area contributed by atoms with E-state index in [9.17, 15) is 4.79 Å². The quantitative estimate of drug-likeness (QED) is 0.636. The maximum Gasteiger partial charge on any atom is 0.277 e. The molecule has 5 heteroatoms. The van der Waals surface area contributed by atoms with Crippen LogP contribution in [0.2, 0.25) is 0 Å². The van der Waals surface area contributed by atoms with Crippen molar-refractivity contribution in [1.29, 1.82) is 0 Å². The van der Waals surface area contributed by atoms with Gasteiger partial charge in [0.1, 0.15) is 5.52 Å². The van der Waals surface area contributed by atoms with Crippen molar-refractivity contribution < 1.29 is 0 Å². The third-order valence-electron chi connectivity index (χ3n) is 2.38. The van der Waals surface area contributed by atoms with Crippen molar-refractivity contribution >= 4 is 26.8 Å².